The number of methoxy groups -OCH3 is 1. The molecule has 0 atom stereocenters. The van der Waals surface area contributed by atoms with Crippen molar-refractivity contribution in [1.29, 1.82) is 0 Å². The molecule has 4 heteroatoms. The molecule has 0 unspecified atom stereocenters. The third kappa shape index (κ3) is 4.24. The number of H-pyrrole nitrogens is 1. The lowest BCUT2D eigenvalue weighted by molar-refractivity contribution is 0.210. The summed E-state index contributed by atoms with van der Waals surface area (Å²) in [4.78, 5) is 10.6. The number of hydrogen-bond acceptors (Lipinski definition) is 3. The van der Waals surface area contributed by atoms with Gasteiger partial charge >= 0.3 is 0 Å². The first kappa shape index (κ1) is 20.9. The second-order valence-electron chi connectivity index (χ2n) is 8.93. The quantitative estimate of drug-likeness (QED) is 0.498. The monoisotopic (exact) mass is 405 g/mol. The molecule has 1 fully saturated rings. The molecule has 4 rings (SSSR count). The summed E-state index contributed by atoms with van der Waals surface area (Å²) in [5.41, 5.74) is 6.42. The van der Waals surface area contributed by atoms with E-state index in [0.29, 0.717) is 17.7 Å². The van der Waals surface area contributed by atoms with Crippen LogP contribution in [-0.4, -0.2) is 41.6 Å². The highest BCUT2D eigenvalue weighted by atomic mass is 16.5. The number of fused-ring (bicyclic) bond motifs is 1. The summed E-state index contributed by atoms with van der Waals surface area (Å²) in [7, 11) is 1.67. The Balaban J connectivity index is 1.65. The fourth-order valence-electron chi connectivity index (χ4n) is 4.86. The average molecular weight is 406 g/mol. The van der Waals surface area contributed by atoms with Gasteiger partial charge in [0.1, 0.15) is 0 Å². The minimum absolute atomic E-state index is 0.430. The van der Waals surface area contributed by atoms with Gasteiger partial charge in [0.25, 0.3) is 0 Å². The predicted molar refractivity (Wildman–Crippen MR) is 125 cm³/mol. The van der Waals surface area contributed by atoms with Crippen molar-refractivity contribution >= 4 is 10.9 Å². The smallest absolute Gasteiger partial charge is 0.213 e. The standard InChI is InChI=1S/C26H35N3O/c1-5-6-13-29-14-10-19(11-15-29)20-7-8-23-22(16-20)25(18(2)3)26(28-23)21-9-12-27-24(17-21)30-4/h7-9,12,16-19,28H,5-6,10-11,13-15H2,1-4H3. The fourth-order valence-corrected chi connectivity index (χ4v) is 4.86. The number of hydrogen-bond donors (Lipinski definition) is 1. The van der Waals surface area contributed by atoms with Crippen molar-refractivity contribution in [2.45, 2.75) is 58.3 Å². The van der Waals surface area contributed by atoms with Crippen molar-refractivity contribution in [2.75, 3.05) is 26.7 Å². The Bertz CT molecular complexity index is 983. The maximum atomic E-state index is 5.35. The van der Waals surface area contributed by atoms with Gasteiger partial charge in [0.15, 0.2) is 0 Å². The van der Waals surface area contributed by atoms with Crippen LogP contribution in [0, 0.1) is 0 Å². The van der Waals surface area contributed by atoms with E-state index in [9.17, 15) is 0 Å². The van der Waals surface area contributed by atoms with Crippen molar-refractivity contribution < 1.29 is 4.74 Å². The molecular weight excluding hydrogens is 370 g/mol. The van der Waals surface area contributed by atoms with Gasteiger partial charge in [-0.15, -0.1) is 0 Å². The van der Waals surface area contributed by atoms with E-state index < -0.39 is 0 Å². The van der Waals surface area contributed by atoms with Crippen LogP contribution in [0.2, 0.25) is 0 Å². The third-order valence-corrected chi connectivity index (χ3v) is 6.56. The molecule has 1 saturated heterocycles. The van der Waals surface area contributed by atoms with Gasteiger partial charge in [-0.05, 0) is 80.1 Å². The second-order valence-corrected chi connectivity index (χ2v) is 8.93. The van der Waals surface area contributed by atoms with Crippen LogP contribution >= 0.6 is 0 Å². The molecule has 1 aromatic carbocycles. The van der Waals surface area contributed by atoms with Gasteiger partial charge in [-0.1, -0.05) is 33.3 Å². The third-order valence-electron chi connectivity index (χ3n) is 6.56. The summed E-state index contributed by atoms with van der Waals surface area (Å²) in [6.07, 6.45) is 6.96. The number of pyridine rings is 1. The van der Waals surface area contributed by atoms with Crippen LogP contribution in [0.5, 0.6) is 5.88 Å². The van der Waals surface area contributed by atoms with E-state index >= 15 is 0 Å². The first-order chi connectivity index (χ1) is 14.6. The lowest BCUT2D eigenvalue weighted by atomic mass is 9.87. The molecule has 4 nitrogen and oxygen atoms in total. The minimum atomic E-state index is 0.430. The van der Waals surface area contributed by atoms with E-state index in [-0.39, 0.29) is 0 Å². The summed E-state index contributed by atoms with van der Waals surface area (Å²) in [5, 5.41) is 1.36. The molecule has 3 heterocycles. The molecule has 0 amide bonds. The van der Waals surface area contributed by atoms with Gasteiger partial charge in [-0.3, -0.25) is 0 Å². The molecule has 160 valence electrons. The number of benzene rings is 1. The SMILES string of the molecule is CCCCN1CCC(c2ccc3[nH]c(-c4ccnc(OC)c4)c(C(C)C)c3c2)CC1. The number of aromatic amines is 1. The lowest BCUT2D eigenvalue weighted by Crippen LogP contribution is -2.33. The molecule has 30 heavy (non-hydrogen) atoms. The highest BCUT2D eigenvalue weighted by Gasteiger charge is 2.22. The molecule has 1 aliphatic rings. The van der Waals surface area contributed by atoms with E-state index in [1.165, 1.54) is 73.0 Å². The molecule has 1 N–H and O–H groups in total. The summed E-state index contributed by atoms with van der Waals surface area (Å²) in [6, 6.07) is 11.2. The zero-order chi connectivity index (χ0) is 21.1. The molecule has 0 aliphatic carbocycles. The van der Waals surface area contributed by atoms with E-state index in [1.54, 1.807) is 7.11 Å². The van der Waals surface area contributed by atoms with E-state index in [2.05, 4.69) is 59.9 Å². The number of nitrogens with zero attached hydrogens (tertiary/aromatic N) is 2. The van der Waals surface area contributed by atoms with Crippen LogP contribution < -0.4 is 4.74 Å². The summed E-state index contributed by atoms with van der Waals surface area (Å²) in [5.74, 6) is 1.75. The Morgan fingerprint density at radius 1 is 1.17 bits per heavy atom. The predicted octanol–water partition coefficient (Wildman–Crippen LogP) is 6.34. The van der Waals surface area contributed by atoms with Crippen LogP contribution in [0.25, 0.3) is 22.2 Å². The number of unbranched alkanes of at least 4 members (excludes halogenated alkanes) is 1. The van der Waals surface area contributed by atoms with Gasteiger partial charge in [0.05, 0.1) is 12.8 Å². The molecule has 2 aromatic heterocycles. The van der Waals surface area contributed by atoms with Crippen LogP contribution in [0.3, 0.4) is 0 Å². The first-order valence-corrected chi connectivity index (χ1v) is 11.5. The number of aromatic nitrogens is 2. The van der Waals surface area contributed by atoms with Crippen molar-refractivity contribution in [3.05, 3.63) is 47.7 Å². The topological polar surface area (TPSA) is 41.2 Å². The van der Waals surface area contributed by atoms with Gasteiger partial charge in [-0.25, -0.2) is 4.98 Å². The number of likely N-dealkylation sites (tertiary alicyclic amines) is 1. The first-order valence-electron chi connectivity index (χ1n) is 11.5. The molecular formula is C26H35N3O. The van der Waals surface area contributed by atoms with Crippen LogP contribution in [0.15, 0.2) is 36.5 Å². The van der Waals surface area contributed by atoms with Crippen molar-refractivity contribution in [1.82, 2.24) is 14.9 Å². The Kier molecular flexibility index (Phi) is 6.43. The van der Waals surface area contributed by atoms with Crippen LogP contribution in [-0.2, 0) is 0 Å². The summed E-state index contributed by atoms with van der Waals surface area (Å²) in [6.45, 7) is 10.6. The second kappa shape index (κ2) is 9.22. The Morgan fingerprint density at radius 2 is 1.97 bits per heavy atom. The maximum Gasteiger partial charge on any atom is 0.213 e. The zero-order valence-electron chi connectivity index (χ0n) is 18.9. The van der Waals surface area contributed by atoms with Crippen molar-refractivity contribution in [2.24, 2.45) is 0 Å². The van der Waals surface area contributed by atoms with Crippen molar-refractivity contribution in [3.63, 3.8) is 0 Å². The molecule has 1 aliphatic heterocycles. The van der Waals surface area contributed by atoms with E-state index in [4.69, 9.17) is 4.74 Å². The molecule has 0 saturated carbocycles. The van der Waals surface area contributed by atoms with Gasteiger partial charge in [-0.2, -0.15) is 0 Å². The largest absolute Gasteiger partial charge is 0.481 e. The maximum absolute atomic E-state index is 5.35. The number of nitrogens with one attached hydrogen (secondary N) is 1. The Labute approximate surface area is 180 Å². The van der Waals surface area contributed by atoms with Crippen LogP contribution in [0.1, 0.15) is 69.4 Å². The number of ether oxygens (including phenoxy) is 1. The van der Waals surface area contributed by atoms with Gasteiger partial charge in [0, 0.05) is 28.7 Å². The highest BCUT2D eigenvalue weighted by molar-refractivity contribution is 5.92. The zero-order valence-corrected chi connectivity index (χ0v) is 18.9. The normalized spacial score (nSPS) is 15.9. The van der Waals surface area contributed by atoms with Gasteiger partial charge in [0.2, 0.25) is 5.88 Å². The Hall–Kier alpha value is -2.33. The van der Waals surface area contributed by atoms with Crippen molar-refractivity contribution in [3.8, 4) is 17.1 Å². The minimum Gasteiger partial charge on any atom is -0.481 e. The molecule has 3 aromatic rings. The van der Waals surface area contributed by atoms with E-state index in [0.717, 1.165) is 5.56 Å². The molecule has 0 radical (unpaired) electrons. The molecule has 0 spiro atoms. The lowest BCUT2D eigenvalue weighted by Gasteiger charge is -2.32. The number of rotatable bonds is 7. The van der Waals surface area contributed by atoms with E-state index in [1.807, 2.05) is 12.3 Å². The highest BCUT2D eigenvalue weighted by Crippen LogP contribution is 2.38. The van der Waals surface area contributed by atoms with Crippen LogP contribution in [0.4, 0.5) is 0 Å². The summed E-state index contributed by atoms with van der Waals surface area (Å²) < 4.78 is 5.35. The average Bonchev–Trinajstić information content (AvgIpc) is 3.17. The van der Waals surface area contributed by atoms with Gasteiger partial charge < -0.3 is 14.6 Å². The molecule has 0 bridgehead atoms. The fraction of sp³-hybridized carbons (Fsp3) is 0.500. The Morgan fingerprint density at radius 3 is 2.67 bits per heavy atom. The number of piperidine rings is 1. The summed E-state index contributed by atoms with van der Waals surface area (Å²) >= 11 is 0.